The van der Waals surface area contributed by atoms with E-state index in [4.69, 9.17) is 0 Å². The van der Waals surface area contributed by atoms with E-state index in [-0.39, 0.29) is 5.56 Å². The molecule has 0 N–H and O–H groups in total. The Balaban J connectivity index is 1.99. The van der Waals surface area contributed by atoms with Gasteiger partial charge in [0.15, 0.2) is 5.13 Å². The maximum Gasteiger partial charge on any atom is 0.416 e. The summed E-state index contributed by atoms with van der Waals surface area (Å²) in [7, 11) is 3.87. The second-order valence-electron chi connectivity index (χ2n) is 7.59. The second kappa shape index (κ2) is 8.73. The molecule has 4 nitrogen and oxygen atoms in total. The first-order valence-electron chi connectivity index (χ1n) is 9.58. The van der Waals surface area contributed by atoms with Crippen LogP contribution in [-0.4, -0.2) is 43.0 Å². The maximum absolute atomic E-state index is 13.2. The van der Waals surface area contributed by atoms with Crippen molar-refractivity contribution in [3.63, 3.8) is 0 Å². The highest BCUT2D eigenvalue weighted by atomic mass is 32.1. The number of benzene rings is 2. The van der Waals surface area contributed by atoms with Crippen LogP contribution in [0.3, 0.4) is 0 Å². The van der Waals surface area contributed by atoms with E-state index in [0.29, 0.717) is 18.1 Å². The molecule has 0 radical (unpaired) electrons. The van der Waals surface area contributed by atoms with Crippen molar-refractivity contribution in [1.29, 1.82) is 0 Å². The number of fused-ring (bicyclic) bond motifs is 1. The fraction of sp³-hybridized carbons (Fsp3) is 0.364. The number of thiazole rings is 1. The molecule has 3 rings (SSSR count). The minimum atomic E-state index is -4.50. The number of carbonyl (C=O) groups is 1. The third-order valence-corrected chi connectivity index (χ3v) is 5.93. The van der Waals surface area contributed by atoms with Gasteiger partial charge in [-0.05, 0) is 82.4 Å². The van der Waals surface area contributed by atoms with Gasteiger partial charge in [0.05, 0.1) is 15.8 Å². The summed E-state index contributed by atoms with van der Waals surface area (Å²) in [5.41, 5.74) is 2.18. The van der Waals surface area contributed by atoms with Gasteiger partial charge in [0.1, 0.15) is 0 Å². The van der Waals surface area contributed by atoms with E-state index in [9.17, 15) is 18.0 Å². The number of carbonyl (C=O) groups excluding carboxylic acids is 1. The number of aryl methyl sites for hydroxylation is 2. The van der Waals surface area contributed by atoms with Crippen molar-refractivity contribution in [1.82, 2.24) is 9.88 Å². The quantitative estimate of drug-likeness (QED) is 0.511. The van der Waals surface area contributed by atoms with Gasteiger partial charge < -0.3 is 4.90 Å². The highest BCUT2D eigenvalue weighted by molar-refractivity contribution is 7.22. The Morgan fingerprint density at radius 2 is 1.77 bits per heavy atom. The van der Waals surface area contributed by atoms with Gasteiger partial charge in [-0.1, -0.05) is 17.4 Å². The summed E-state index contributed by atoms with van der Waals surface area (Å²) in [5, 5.41) is 0.496. The topological polar surface area (TPSA) is 36.4 Å². The lowest BCUT2D eigenvalue weighted by Crippen LogP contribution is -2.33. The van der Waals surface area contributed by atoms with Gasteiger partial charge in [-0.3, -0.25) is 9.69 Å². The van der Waals surface area contributed by atoms with Crippen LogP contribution in [0.25, 0.3) is 10.2 Å². The number of alkyl halides is 3. The molecule has 0 unspecified atom stereocenters. The molecule has 0 aliphatic carbocycles. The smallest absolute Gasteiger partial charge is 0.309 e. The summed E-state index contributed by atoms with van der Waals surface area (Å²) in [5.74, 6) is -0.479. The van der Waals surface area contributed by atoms with Crippen LogP contribution in [0.4, 0.5) is 18.3 Å². The van der Waals surface area contributed by atoms with Gasteiger partial charge in [-0.25, -0.2) is 4.98 Å². The fourth-order valence-electron chi connectivity index (χ4n) is 3.10. The second-order valence-corrected chi connectivity index (χ2v) is 8.60. The molecule has 0 aliphatic heterocycles. The molecule has 0 aliphatic rings. The average Bonchev–Trinajstić information content (AvgIpc) is 3.06. The van der Waals surface area contributed by atoms with E-state index in [1.165, 1.54) is 28.4 Å². The molecule has 30 heavy (non-hydrogen) atoms. The number of anilines is 1. The van der Waals surface area contributed by atoms with E-state index >= 15 is 0 Å². The molecular weight excluding hydrogens is 411 g/mol. The lowest BCUT2D eigenvalue weighted by Gasteiger charge is -2.21. The predicted octanol–water partition coefficient (Wildman–Crippen LogP) is 5.53. The van der Waals surface area contributed by atoms with Crippen LogP contribution >= 0.6 is 11.3 Å². The van der Waals surface area contributed by atoms with Crippen LogP contribution in [0.2, 0.25) is 0 Å². The van der Waals surface area contributed by atoms with Crippen molar-refractivity contribution in [2.24, 2.45) is 0 Å². The Bertz CT molecular complexity index is 1020. The molecule has 0 bridgehead atoms. The Morgan fingerprint density at radius 1 is 1.07 bits per heavy atom. The highest BCUT2D eigenvalue weighted by Crippen LogP contribution is 2.33. The standard InChI is InChI=1S/C22H24F3N3OS/c1-14-11-18-19(12-15(14)2)30-21(26-18)28(10-6-9-27(3)4)20(29)16-7-5-8-17(13-16)22(23,24)25/h5,7-8,11-13H,6,9-10H2,1-4H3. The van der Waals surface area contributed by atoms with Gasteiger partial charge in [0, 0.05) is 12.1 Å². The molecule has 1 aromatic heterocycles. The minimum Gasteiger partial charge on any atom is -0.309 e. The Kier molecular flexibility index (Phi) is 6.47. The van der Waals surface area contributed by atoms with Gasteiger partial charge >= 0.3 is 6.18 Å². The van der Waals surface area contributed by atoms with Crippen molar-refractivity contribution < 1.29 is 18.0 Å². The molecule has 2 aromatic carbocycles. The van der Waals surface area contributed by atoms with Crippen molar-refractivity contribution >= 4 is 32.6 Å². The molecule has 8 heteroatoms. The zero-order chi connectivity index (χ0) is 22.1. The minimum absolute atomic E-state index is 0.00120. The summed E-state index contributed by atoms with van der Waals surface area (Å²) in [6, 6.07) is 8.55. The van der Waals surface area contributed by atoms with E-state index in [1.54, 1.807) is 0 Å². The number of nitrogens with zero attached hydrogens (tertiary/aromatic N) is 3. The van der Waals surface area contributed by atoms with E-state index in [0.717, 1.165) is 40.0 Å². The number of halogens is 3. The van der Waals surface area contributed by atoms with Crippen molar-refractivity contribution in [3.8, 4) is 0 Å². The van der Waals surface area contributed by atoms with Crippen LogP contribution in [0, 0.1) is 13.8 Å². The maximum atomic E-state index is 13.2. The van der Waals surface area contributed by atoms with Crippen LogP contribution in [-0.2, 0) is 6.18 Å². The molecular formula is C22H24F3N3OS. The first-order valence-corrected chi connectivity index (χ1v) is 10.4. The summed E-state index contributed by atoms with van der Waals surface area (Å²) >= 11 is 1.38. The van der Waals surface area contributed by atoms with Crippen molar-refractivity contribution in [2.75, 3.05) is 32.1 Å². The monoisotopic (exact) mass is 435 g/mol. The highest BCUT2D eigenvalue weighted by Gasteiger charge is 2.31. The zero-order valence-electron chi connectivity index (χ0n) is 17.4. The first-order chi connectivity index (χ1) is 14.1. The third kappa shape index (κ3) is 4.99. The predicted molar refractivity (Wildman–Crippen MR) is 115 cm³/mol. The SMILES string of the molecule is Cc1cc2nc(N(CCCN(C)C)C(=O)c3cccc(C(F)(F)F)c3)sc2cc1C. The Hall–Kier alpha value is -2.45. The molecule has 0 fully saturated rings. The average molecular weight is 436 g/mol. The molecule has 0 atom stereocenters. The van der Waals surface area contributed by atoms with Gasteiger partial charge in [-0.2, -0.15) is 13.2 Å². The summed E-state index contributed by atoms with van der Waals surface area (Å²) in [6.45, 7) is 5.12. The van der Waals surface area contributed by atoms with E-state index in [1.807, 2.05) is 45.0 Å². The van der Waals surface area contributed by atoms with Crippen LogP contribution in [0.15, 0.2) is 36.4 Å². The van der Waals surface area contributed by atoms with E-state index < -0.39 is 17.6 Å². The number of amides is 1. The van der Waals surface area contributed by atoms with Crippen molar-refractivity contribution in [2.45, 2.75) is 26.4 Å². The zero-order valence-corrected chi connectivity index (χ0v) is 18.2. The molecule has 1 heterocycles. The lowest BCUT2D eigenvalue weighted by atomic mass is 10.1. The third-order valence-electron chi connectivity index (χ3n) is 4.89. The number of hydrogen-bond acceptors (Lipinski definition) is 4. The fourth-order valence-corrected chi connectivity index (χ4v) is 4.17. The molecule has 1 amide bonds. The summed E-state index contributed by atoms with van der Waals surface area (Å²) < 4.78 is 40.3. The molecule has 0 saturated carbocycles. The summed E-state index contributed by atoms with van der Waals surface area (Å²) in [6.07, 6.45) is -3.83. The van der Waals surface area contributed by atoms with Crippen LogP contribution < -0.4 is 4.90 Å². The van der Waals surface area contributed by atoms with Crippen molar-refractivity contribution in [3.05, 3.63) is 58.7 Å². The molecule has 0 spiro atoms. The van der Waals surface area contributed by atoms with Crippen LogP contribution in [0.1, 0.15) is 33.5 Å². The van der Waals surface area contributed by atoms with Crippen LogP contribution in [0.5, 0.6) is 0 Å². The first kappa shape index (κ1) is 22.2. The number of rotatable bonds is 6. The lowest BCUT2D eigenvalue weighted by molar-refractivity contribution is -0.137. The number of hydrogen-bond donors (Lipinski definition) is 0. The Labute approximate surface area is 177 Å². The van der Waals surface area contributed by atoms with E-state index in [2.05, 4.69) is 4.98 Å². The van der Waals surface area contributed by atoms with Gasteiger partial charge in [-0.15, -0.1) is 0 Å². The number of aromatic nitrogens is 1. The largest absolute Gasteiger partial charge is 0.416 e. The van der Waals surface area contributed by atoms with Gasteiger partial charge in [0.25, 0.3) is 5.91 Å². The normalized spacial score (nSPS) is 12.0. The molecule has 160 valence electrons. The molecule has 0 saturated heterocycles. The molecule has 3 aromatic rings. The summed E-state index contributed by atoms with van der Waals surface area (Å²) in [4.78, 5) is 21.3. The Morgan fingerprint density at radius 3 is 2.43 bits per heavy atom. The van der Waals surface area contributed by atoms with Gasteiger partial charge in [0.2, 0.25) is 0 Å².